The zero-order chi connectivity index (χ0) is 19.1. The number of Topliss-reactive ketones (excluding diaryl/α,β-unsaturated/α-hetero) is 1. The van der Waals surface area contributed by atoms with Crippen molar-refractivity contribution < 1.29 is 19.1 Å². The lowest BCUT2D eigenvalue weighted by atomic mass is 9.98. The van der Waals surface area contributed by atoms with Crippen LogP contribution in [0.5, 0.6) is 0 Å². The van der Waals surface area contributed by atoms with E-state index in [1.807, 2.05) is 37.3 Å². The number of rotatable bonds is 7. The Balaban J connectivity index is 1.89. The average molecular weight is 353 g/mol. The molecule has 0 bridgehead atoms. The van der Waals surface area contributed by atoms with Crippen molar-refractivity contribution >= 4 is 23.3 Å². The molecule has 0 fully saturated rings. The van der Waals surface area contributed by atoms with E-state index in [1.54, 1.807) is 24.3 Å². The Morgan fingerprint density at radius 1 is 1.00 bits per heavy atom. The second-order valence-corrected chi connectivity index (χ2v) is 6.27. The third-order valence-corrected chi connectivity index (χ3v) is 4.06. The van der Waals surface area contributed by atoms with Gasteiger partial charge in [0.1, 0.15) is 0 Å². The Kier molecular flexibility index (Phi) is 6.67. The molecule has 0 unspecified atom stereocenters. The summed E-state index contributed by atoms with van der Waals surface area (Å²) in [6.07, 6.45) is -0.729. The highest BCUT2D eigenvalue weighted by Gasteiger charge is 2.20. The van der Waals surface area contributed by atoms with Gasteiger partial charge in [-0.3, -0.25) is 14.4 Å². The highest BCUT2D eigenvalue weighted by atomic mass is 16.5. The largest absolute Gasteiger partial charge is 0.453 e. The number of hydrogen-bond donors (Lipinski definition) is 1. The van der Waals surface area contributed by atoms with Gasteiger partial charge in [0, 0.05) is 11.3 Å². The second kappa shape index (κ2) is 8.94. The molecule has 0 aliphatic carbocycles. The van der Waals surface area contributed by atoms with Gasteiger partial charge in [0.25, 0.3) is 5.91 Å². The molecule has 0 aromatic heterocycles. The number of hydrogen-bond acceptors (Lipinski definition) is 4. The summed E-state index contributed by atoms with van der Waals surface area (Å²) in [4.78, 5) is 35.7. The maximum Gasteiger partial charge on any atom is 0.307 e. The number of ether oxygens (including phenoxy) is 1. The molecule has 0 heterocycles. The Bertz CT molecular complexity index is 786. The normalized spacial score (nSPS) is 12.7. The van der Waals surface area contributed by atoms with Crippen molar-refractivity contribution in [3.63, 3.8) is 0 Å². The van der Waals surface area contributed by atoms with Gasteiger partial charge >= 0.3 is 5.97 Å². The van der Waals surface area contributed by atoms with Gasteiger partial charge < -0.3 is 10.1 Å². The van der Waals surface area contributed by atoms with Gasteiger partial charge in [-0.1, -0.05) is 49.4 Å². The number of carbonyl (C=O) groups excluding carboxylic acids is 3. The molecule has 1 amide bonds. The summed E-state index contributed by atoms with van der Waals surface area (Å²) in [6.45, 7) is 4.92. The molecule has 2 aromatic rings. The van der Waals surface area contributed by atoms with Gasteiger partial charge in [0.15, 0.2) is 11.9 Å². The molecule has 0 aliphatic heterocycles. The van der Waals surface area contributed by atoms with Crippen LogP contribution in [0.3, 0.4) is 0 Å². The third kappa shape index (κ3) is 5.55. The molecule has 136 valence electrons. The van der Waals surface area contributed by atoms with Crippen LogP contribution in [-0.4, -0.2) is 23.8 Å². The van der Waals surface area contributed by atoms with Crippen molar-refractivity contribution in [3.8, 4) is 0 Å². The van der Waals surface area contributed by atoms with Gasteiger partial charge in [-0.15, -0.1) is 0 Å². The average Bonchev–Trinajstić information content (AvgIpc) is 2.62. The van der Waals surface area contributed by atoms with E-state index in [9.17, 15) is 14.4 Å². The van der Waals surface area contributed by atoms with E-state index in [2.05, 4.69) is 5.32 Å². The topological polar surface area (TPSA) is 72.5 Å². The van der Waals surface area contributed by atoms with E-state index in [1.165, 1.54) is 13.8 Å². The Morgan fingerprint density at radius 2 is 1.69 bits per heavy atom. The molecular formula is C21H23NO4. The molecule has 5 nitrogen and oxygen atoms in total. The summed E-state index contributed by atoms with van der Waals surface area (Å²) < 4.78 is 5.24. The molecule has 0 spiro atoms. The van der Waals surface area contributed by atoms with E-state index in [-0.39, 0.29) is 18.1 Å². The van der Waals surface area contributed by atoms with Crippen LogP contribution in [0, 0.1) is 0 Å². The van der Waals surface area contributed by atoms with E-state index < -0.39 is 18.0 Å². The van der Waals surface area contributed by atoms with Crippen molar-refractivity contribution in [3.05, 3.63) is 65.7 Å². The molecule has 0 saturated carbocycles. The van der Waals surface area contributed by atoms with Gasteiger partial charge in [-0.05, 0) is 37.5 Å². The first-order valence-electron chi connectivity index (χ1n) is 8.53. The molecule has 26 heavy (non-hydrogen) atoms. The molecule has 5 heteroatoms. The van der Waals surface area contributed by atoms with Crippen molar-refractivity contribution in [1.29, 1.82) is 0 Å². The van der Waals surface area contributed by atoms with E-state index >= 15 is 0 Å². The maximum absolute atomic E-state index is 12.2. The molecular weight excluding hydrogens is 330 g/mol. The van der Waals surface area contributed by atoms with Gasteiger partial charge in [0.2, 0.25) is 0 Å². The fourth-order valence-electron chi connectivity index (χ4n) is 2.51. The SMILES string of the molecule is CC(=O)c1cccc(NC(=O)[C@@H](C)OC(=O)C[C@H](C)c2ccccc2)c1. The lowest BCUT2D eigenvalue weighted by molar-refractivity contribution is -0.153. The number of anilines is 1. The molecule has 1 N–H and O–H groups in total. The molecule has 2 aromatic carbocycles. The number of nitrogens with one attached hydrogen (secondary N) is 1. The van der Waals surface area contributed by atoms with Crippen LogP contribution in [0.15, 0.2) is 54.6 Å². The fourth-order valence-corrected chi connectivity index (χ4v) is 2.51. The van der Waals surface area contributed by atoms with Crippen LogP contribution in [0.2, 0.25) is 0 Å². The Morgan fingerprint density at radius 3 is 2.35 bits per heavy atom. The van der Waals surface area contributed by atoms with Crippen LogP contribution >= 0.6 is 0 Å². The van der Waals surface area contributed by atoms with Gasteiger partial charge in [0.05, 0.1) is 6.42 Å². The van der Waals surface area contributed by atoms with Crippen molar-refractivity contribution in [2.45, 2.75) is 39.2 Å². The standard InChI is InChI=1S/C21H23NO4/c1-14(17-8-5-4-6-9-17)12-20(24)26-16(3)21(25)22-19-11-7-10-18(13-19)15(2)23/h4-11,13-14,16H,12H2,1-3H3,(H,22,25)/t14-,16+/m0/s1. The van der Waals surface area contributed by atoms with Crippen LogP contribution in [0.25, 0.3) is 0 Å². The summed E-state index contributed by atoms with van der Waals surface area (Å²) in [5.74, 6) is -0.949. The summed E-state index contributed by atoms with van der Waals surface area (Å²) in [5.41, 5.74) is 2.04. The van der Waals surface area contributed by atoms with Crippen molar-refractivity contribution in [2.24, 2.45) is 0 Å². The van der Waals surface area contributed by atoms with Crippen LogP contribution in [-0.2, 0) is 14.3 Å². The first-order chi connectivity index (χ1) is 12.4. The molecule has 0 aliphatic rings. The minimum atomic E-state index is -0.925. The molecule has 2 atom stereocenters. The minimum absolute atomic E-state index is 0.00575. The van der Waals surface area contributed by atoms with Crippen molar-refractivity contribution in [1.82, 2.24) is 0 Å². The van der Waals surface area contributed by atoms with Crippen LogP contribution in [0.1, 0.15) is 49.0 Å². The first-order valence-corrected chi connectivity index (χ1v) is 8.53. The van der Waals surface area contributed by atoms with E-state index in [4.69, 9.17) is 4.74 Å². The highest BCUT2D eigenvalue weighted by molar-refractivity contribution is 5.98. The predicted octanol–water partition coefficient (Wildman–Crippen LogP) is 3.95. The zero-order valence-electron chi connectivity index (χ0n) is 15.2. The molecule has 0 radical (unpaired) electrons. The third-order valence-electron chi connectivity index (χ3n) is 4.06. The zero-order valence-corrected chi connectivity index (χ0v) is 15.2. The number of amides is 1. The van der Waals surface area contributed by atoms with E-state index in [0.29, 0.717) is 11.3 Å². The van der Waals surface area contributed by atoms with Gasteiger partial charge in [-0.2, -0.15) is 0 Å². The fraction of sp³-hybridized carbons (Fsp3) is 0.286. The molecule has 0 saturated heterocycles. The summed E-state index contributed by atoms with van der Waals surface area (Å²) in [5, 5.41) is 2.66. The van der Waals surface area contributed by atoms with Crippen LogP contribution in [0.4, 0.5) is 5.69 Å². The molecule has 2 rings (SSSR count). The monoisotopic (exact) mass is 353 g/mol. The predicted molar refractivity (Wildman–Crippen MR) is 100 cm³/mol. The Labute approximate surface area is 153 Å². The number of ketones is 1. The highest BCUT2D eigenvalue weighted by Crippen LogP contribution is 2.19. The van der Waals surface area contributed by atoms with Crippen LogP contribution < -0.4 is 5.32 Å². The minimum Gasteiger partial charge on any atom is -0.453 e. The quantitative estimate of drug-likeness (QED) is 0.604. The number of benzene rings is 2. The first kappa shape index (κ1) is 19.4. The van der Waals surface area contributed by atoms with Crippen molar-refractivity contribution in [2.75, 3.05) is 5.32 Å². The Hall–Kier alpha value is -2.95. The number of carbonyl (C=O) groups is 3. The number of esters is 1. The second-order valence-electron chi connectivity index (χ2n) is 6.27. The summed E-state index contributed by atoms with van der Waals surface area (Å²) in [7, 11) is 0. The maximum atomic E-state index is 12.2. The summed E-state index contributed by atoms with van der Waals surface area (Å²) in [6, 6.07) is 16.3. The lowest BCUT2D eigenvalue weighted by Gasteiger charge is -2.16. The van der Waals surface area contributed by atoms with Gasteiger partial charge in [-0.25, -0.2) is 0 Å². The summed E-state index contributed by atoms with van der Waals surface area (Å²) >= 11 is 0. The lowest BCUT2D eigenvalue weighted by Crippen LogP contribution is -2.30. The smallest absolute Gasteiger partial charge is 0.307 e. The van der Waals surface area contributed by atoms with E-state index in [0.717, 1.165) is 5.56 Å².